The number of nitrogens with zero attached hydrogens (tertiary/aromatic N) is 1. The lowest BCUT2D eigenvalue weighted by Crippen LogP contribution is -2.13. The van der Waals surface area contributed by atoms with Gasteiger partial charge < -0.3 is 0 Å². The summed E-state index contributed by atoms with van der Waals surface area (Å²) >= 11 is 0. The summed E-state index contributed by atoms with van der Waals surface area (Å²) in [4.78, 5) is 4.22. The first-order valence-corrected chi connectivity index (χ1v) is 3.92. The molecule has 0 aromatic rings. The number of allylic oxidation sites excluding steroid dienone is 3. The van der Waals surface area contributed by atoms with E-state index >= 15 is 0 Å². The monoisotopic (exact) mass is 149 g/mol. The van der Waals surface area contributed by atoms with Gasteiger partial charge in [-0.1, -0.05) is 25.5 Å². The van der Waals surface area contributed by atoms with Crippen LogP contribution in [0.25, 0.3) is 0 Å². The van der Waals surface area contributed by atoms with Crippen molar-refractivity contribution in [1.82, 2.24) is 0 Å². The quantitative estimate of drug-likeness (QED) is 0.502. The number of aliphatic imine (C=N–C) groups is 1. The molecule has 0 aliphatic carbocycles. The lowest BCUT2D eigenvalue weighted by Gasteiger charge is -2.18. The van der Waals surface area contributed by atoms with Crippen LogP contribution < -0.4 is 0 Å². The SMILES string of the molecule is CC1=CN=CC(C)(C)C(C)=C1. The molecule has 0 bridgehead atoms. The predicted octanol–water partition coefficient (Wildman–Crippen LogP) is 2.95. The molecular weight excluding hydrogens is 134 g/mol. The van der Waals surface area contributed by atoms with Crippen molar-refractivity contribution in [1.29, 1.82) is 0 Å². The molecule has 1 nitrogen and oxygen atoms in total. The molecule has 0 saturated heterocycles. The van der Waals surface area contributed by atoms with Crippen molar-refractivity contribution in [3.63, 3.8) is 0 Å². The zero-order valence-corrected chi connectivity index (χ0v) is 7.68. The molecule has 0 spiro atoms. The minimum atomic E-state index is 0.119. The summed E-state index contributed by atoms with van der Waals surface area (Å²) < 4.78 is 0. The average molecular weight is 149 g/mol. The number of rotatable bonds is 0. The van der Waals surface area contributed by atoms with Crippen LogP contribution in [-0.2, 0) is 0 Å². The molecule has 0 fully saturated rings. The lowest BCUT2D eigenvalue weighted by molar-refractivity contribution is 0.643. The maximum atomic E-state index is 4.22. The van der Waals surface area contributed by atoms with Crippen LogP contribution in [0.2, 0.25) is 0 Å². The van der Waals surface area contributed by atoms with Gasteiger partial charge >= 0.3 is 0 Å². The first kappa shape index (κ1) is 8.25. The average Bonchev–Trinajstić information content (AvgIpc) is 1.94. The molecule has 0 unspecified atom stereocenters. The highest BCUT2D eigenvalue weighted by Gasteiger charge is 2.17. The van der Waals surface area contributed by atoms with Gasteiger partial charge in [-0.15, -0.1) is 0 Å². The van der Waals surface area contributed by atoms with Crippen LogP contribution in [0.4, 0.5) is 0 Å². The van der Waals surface area contributed by atoms with E-state index in [1.165, 1.54) is 11.1 Å². The molecule has 0 amide bonds. The highest BCUT2D eigenvalue weighted by Crippen LogP contribution is 2.26. The Balaban J connectivity index is 3.05. The van der Waals surface area contributed by atoms with Gasteiger partial charge in [-0.3, -0.25) is 4.99 Å². The van der Waals surface area contributed by atoms with E-state index < -0.39 is 0 Å². The summed E-state index contributed by atoms with van der Waals surface area (Å²) in [5, 5.41) is 0. The zero-order chi connectivity index (χ0) is 8.48. The van der Waals surface area contributed by atoms with Gasteiger partial charge in [0.15, 0.2) is 0 Å². The molecule has 1 aliphatic heterocycles. The third-order valence-corrected chi connectivity index (χ3v) is 2.14. The van der Waals surface area contributed by atoms with Crippen molar-refractivity contribution < 1.29 is 0 Å². The molecule has 0 aromatic carbocycles. The third kappa shape index (κ3) is 1.79. The summed E-state index contributed by atoms with van der Waals surface area (Å²) in [6, 6.07) is 0. The summed E-state index contributed by atoms with van der Waals surface area (Å²) in [7, 11) is 0. The Kier molecular flexibility index (Phi) is 1.99. The van der Waals surface area contributed by atoms with E-state index in [0.29, 0.717) is 0 Å². The number of hydrogen-bond donors (Lipinski definition) is 0. The van der Waals surface area contributed by atoms with Gasteiger partial charge in [-0.05, 0) is 19.4 Å². The van der Waals surface area contributed by atoms with Crippen molar-refractivity contribution >= 4 is 6.21 Å². The molecular formula is C10H15N. The fourth-order valence-electron chi connectivity index (χ4n) is 1.01. The third-order valence-electron chi connectivity index (χ3n) is 2.14. The van der Waals surface area contributed by atoms with Crippen molar-refractivity contribution in [3.05, 3.63) is 23.4 Å². The van der Waals surface area contributed by atoms with E-state index in [1.54, 1.807) is 0 Å². The highest BCUT2D eigenvalue weighted by atomic mass is 14.7. The number of hydrogen-bond acceptors (Lipinski definition) is 1. The van der Waals surface area contributed by atoms with Gasteiger partial charge in [-0.25, -0.2) is 0 Å². The molecule has 1 heterocycles. The van der Waals surface area contributed by atoms with Crippen molar-refractivity contribution in [2.75, 3.05) is 0 Å². The largest absolute Gasteiger partial charge is 0.268 e. The minimum absolute atomic E-state index is 0.119. The summed E-state index contributed by atoms with van der Waals surface area (Å²) in [5.74, 6) is 0. The van der Waals surface area contributed by atoms with Crippen LogP contribution >= 0.6 is 0 Å². The van der Waals surface area contributed by atoms with Gasteiger partial charge in [0.05, 0.1) is 0 Å². The van der Waals surface area contributed by atoms with Crippen LogP contribution in [0.5, 0.6) is 0 Å². The minimum Gasteiger partial charge on any atom is -0.268 e. The Morgan fingerprint density at radius 2 is 1.91 bits per heavy atom. The standard InChI is InChI=1S/C10H15N/c1-8-5-9(2)10(3,4)7-11-6-8/h5-7H,1-4H3. The van der Waals surface area contributed by atoms with E-state index in [1.807, 2.05) is 12.4 Å². The maximum absolute atomic E-state index is 4.22. The second-order valence-electron chi connectivity index (χ2n) is 3.70. The Bertz CT molecular complexity index is 242. The van der Waals surface area contributed by atoms with Gasteiger partial charge in [-0.2, -0.15) is 0 Å². The molecule has 11 heavy (non-hydrogen) atoms. The van der Waals surface area contributed by atoms with E-state index in [9.17, 15) is 0 Å². The molecule has 1 rings (SSSR count). The molecule has 0 N–H and O–H groups in total. The first-order chi connectivity index (χ1) is 5.02. The Labute approximate surface area is 68.5 Å². The van der Waals surface area contributed by atoms with Crippen LogP contribution in [0.1, 0.15) is 27.7 Å². The van der Waals surface area contributed by atoms with Crippen LogP contribution in [0.3, 0.4) is 0 Å². The zero-order valence-electron chi connectivity index (χ0n) is 7.68. The predicted molar refractivity (Wildman–Crippen MR) is 49.8 cm³/mol. The van der Waals surface area contributed by atoms with E-state index in [0.717, 1.165) is 0 Å². The normalized spacial score (nSPS) is 22.2. The Hall–Kier alpha value is -0.850. The summed E-state index contributed by atoms with van der Waals surface area (Å²) in [6.07, 6.45) is 6.08. The molecule has 0 saturated carbocycles. The molecule has 60 valence electrons. The summed E-state index contributed by atoms with van der Waals surface area (Å²) in [6.45, 7) is 8.57. The second-order valence-corrected chi connectivity index (χ2v) is 3.70. The van der Waals surface area contributed by atoms with Crippen LogP contribution in [-0.4, -0.2) is 6.21 Å². The Morgan fingerprint density at radius 3 is 2.55 bits per heavy atom. The maximum Gasteiger partial charge on any atom is 0.0293 e. The molecule has 0 aromatic heterocycles. The van der Waals surface area contributed by atoms with Crippen molar-refractivity contribution in [2.45, 2.75) is 27.7 Å². The van der Waals surface area contributed by atoms with Gasteiger partial charge in [0.2, 0.25) is 0 Å². The first-order valence-electron chi connectivity index (χ1n) is 3.92. The van der Waals surface area contributed by atoms with E-state index in [-0.39, 0.29) is 5.41 Å². The molecule has 1 heteroatoms. The fraction of sp³-hybridized carbons (Fsp3) is 0.500. The molecule has 1 aliphatic rings. The molecule has 0 atom stereocenters. The van der Waals surface area contributed by atoms with E-state index in [4.69, 9.17) is 0 Å². The van der Waals surface area contributed by atoms with Gasteiger partial charge in [0.1, 0.15) is 0 Å². The lowest BCUT2D eigenvalue weighted by atomic mass is 9.86. The molecule has 0 radical (unpaired) electrons. The van der Waals surface area contributed by atoms with Gasteiger partial charge in [0.25, 0.3) is 0 Å². The Morgan fingerprint density at radius 1 is 1.27 bits per heavy atom. The smallest absolute Gasteiger partial charge is 0.0293 e. The topological polar surface area (TPSA) is 12.4 Å². The highest BCUT2D eigenvalue weighted by molar-refractivity contribution is 5.71. The van der Waals surface area contributed by atoms with Crippen molar-refractivity contribution in [2.24, 2.45) is 10.4 Å². The second kappa shape index (κ2) is 2.65. The van der Waals surface area contributed by atoms with E-state index in [2.05, 4.69) is 38.8 Å². The van der Waals surface area contributed by atoms with Crippen LogP contribution in [0.15, 0.2) is 28.4 Å². The summed E-state index contributed by atoms with van der Waals surface area (Å²) in [5.41, 5.74) is 2.71. The fourth-order valence-corrected chi connectivity index (χ4v) is 1.01. The van der Waals surface area contributed by atoms with Crippen LogP contribution in [0, 0.1) is 5.41 Å². The van der Waals surface area contributed by atoms with Gasteiger partial charge in [0, 0.05) is 17.8 Å². The van der Waals surface area contributed by atoms with Crippen molar-refractivity contribution in [3.8, 4) is 0 Å².